The molecule has 0 aliphatic carbocycles. The summed E-state index contributed by atoms with van der Waals surface area (Å²) in [7, 11) is 0. The highest BCUT2D eigenvalue weighted by molar-refractivity contribution is 8.59. The number of hydrogen-bond donors (Lipinski definition) is 7. The number of ether oxygens (including phenoxy) is 1. The molecule has 0 radical (unpaired) electrons. The number of aliphatic hydroxyl groups is 3. The van der Waals surface area contributed by atoms with Crippen LogP contribution >= 0.6 is 17.9 Å². The topological polar surface area (TPSA) is 165 Å². The van der Waals surface area contributed by atoms with E-state index >= 15 is 0 Å². The van der Waals surface area contributed by atoms with Gasteiger partial charge in [0.05, 0.1) is 6.61 Å². The second-order valence-corrected chi connectivity index (χ2v) is 9.30. The van der Waals surface area contributed by atoms with Crippen LogP contribution in [0.15, 0.2) is 21.9 Å². The van der Waals surface area contributed by atoms with Crippen molar-refractivity contribution in [1.29, 1.82) is 0 Å². The van der Waals surface area contributed by atoms with E-state index in [2.05, 4.69) is 24.1 Å². The molecular formula is C9H15N2O8PS2. The summed E-state index contributed by atoms with van der Waals surface area (Å²) in [5.41, 5.74) is -4.44. The molecule has 126 valence electrons. The van der Waals surface area contributed by atoms with Crippen molar-refractivity contribution < 1.29 is 29.8 Å². The van der Waals surface area contributed by atoms with E-state index in [4.69, 9.17) is 19.6 Å². The van der Waals surface area contributed by atoms with Gasteiger partial charge in [-0.2, -0.15) is 0 Å². The van der Waals surface area contributed by atoms with E-state index in [1.165, 1.54) is 0 Å². The number of nitrogens with one attached hydrogen (secondary N) is 1. The lowest BCUT2D eigenvalue weighted by molar-refractivity contribution is -0.0550. The number of aromatic amines is 1. The average Bonchev–Trinajstić information content (AvgIpc) is 2.64. The minimum Gasteiger partial charge on any atom is -0.394 e. The molecule has 0 bridgehead atoms. The molecule has 1 saturated heterocycles. The van der Waals surface area contributed by atoms with E-state index in [1.54, 1.807) is 0 Å². The first-order chi connectivity index (χ1) is 10.0. The van der Waals surface area contributed by atoms with E-state index in [0.29, 0.717) is 0 Å². The maximum absolute atomic E-state index is 11.4. The highest BCUT2D eigenvalue weighted by atomic mass is 32.9. The molecule has 1 aliphatic rings. The Balaban J connectivity index is 0.000000422. The zero-order valence-corrected chi connectivity index (χ0v) is 13.5. The van der Waals surface area contributed by atoms with Crippen molar-refractivity contribution >= 4 is 29.7 Å². The fourth-order valence-electron chi connectivity index (χ4n) is 1.74. The van der Waals surface area contributed by atoms with Gasteiger partial charge in [-0.1, -0.05) is 12.2 Å². The molecule has 2 rings (SSSR count). The molecule has 1 fully saturated rings. The molecule has 0 unspecified atom stereocenters. The molecule has 2 heterocycles. The van der Waals surface area contributed by atoms with Gasteiger partial charge in [-0.3, -0.25) is 14.3 Å². The minimum atomic E-state index is -3.11. The third-order valence-electron chi connectivity index (χ3n) is 2.64. The van der Waals surface area contributed by atoms with Crippen LogP contribution in [0.25, 0.3) is 0 Å². The maximum atomic E-state index is 11.4. The standard InChI is InChI=1S/C9H12N2O6.H3O2PS2/c12-3-4-6(14)7(15)8(17-4)11-2-1-5(13)10-9(11)16;1-3(2,4)5/h1-2,4,6-8,12,14-15H,3H2,(H,10,13,16);(H3,1,2,4,5)/t4-,6-,7-,8-;/m1./s1. The quantitative estimate of drug-likeness (QED) is 0.215. The van der Waals surface area contributed by atoms with Crippen molar-refractivity contribution in [3.05, 3.63) is 33.1 Å². The summed E-state index contributed by atoms with van der Waals surface area (Å²) in [6, 6.07) is 1.09. The van der Waals surface area contributed by atoms with Gasteiger partial charge in [0.15, 0.2) is 6.23 Å². The largest absolute Gasteiger partial charge is 0.394 e. The van der Waals surface area contributed by atoms with Gasteiger partial charge in [0, 0.05) is 12.3 Å². The zero-order valence-electron chi connectivity index (χ0n) is 10.9. The Morgan fingerprint density at radius 2 is 1.91 bits per heavy atom. The molecule has 4 atom stereocenters. The number of hydrogen-bond acceptors (Lipinski definition) is 7. The molecule has 0 amide bonds. The second-order valence-electron chi connectivity index (χ2n) is 4.26. The summed E-state index contributed by atoms with van der Waals surface area (Å²) < 4.78 is 6.08. The molecule has 0 saturated carbocycles. The number of nitrogens with zero attached hydrogens (tertiary/aromatic N) is 1. The van der Waals surface area contributed by atoms with Gasteiger partial charge in [-0.05, 0) is 11.8 Å². The van der Waals surface area contributed by atoms with Crippen LogP contribution in [0.4, 0.5) is 0 Å². The fraction of sp³-hybridized carbons (Fsp3) is 0.556. The zero-order chi connectivity index (χ0) is 17.1. The predicted octanol–water partition coefficient (Wildman–Crippen LogP) is -2.73. The Hall–Kier alpha value is -0.560. The Kier molecular flexibility index (Phi) is 6.92. The fourth-order valence-corrected chi connectivity index (χ4v) is 1.74. The number of rotatable bonds is 2. The second kappa shape index (κ2) is 7.81. The molecule has 6 N–H and O–H groups in total. The first-order valence-electron chi connectivity index (χ1n) is 5.77. The van der Waals surface area contributed by atoms with Crippen LogP contribution in [0.5, 0.6) is 0 Å². The van der Waals surface area contributed by atoms with Gasteiger partial charge in [-0.25, -0.2) is 4.79 Å². The Labute approximate surface area is 134 Å². The van der Waals surface area contributed by atoms with Gasteiger partial charge >= 0.3 is 5.69 Å². The van der Waals surface area contributed by atoms with E-state index in [0.717, 1.165) is 16.8 Å². The van der Waals surface area contributed by atoms with Crippen LogP contribution < -0.4 is 11.2 Å². The third-order valence-corrected chi connectivity index (χ3v) is 2.64. The highest BCUT2D eigenvalue weighted by Gasteiger charge is 2.43. The molecular weight excluding hydrogens is 359 g/mol. The van der Waals surface area contributed by atoms with Crippen molar-refractivity contribution in [2.24, 2.45) is 0 Å². The van der Waals surface area contributed by atoms with E-state index in [9.17, 15) is 19.8 Å². The van der Waals surface area contributed by atoms with Gasteiger partial charge < -0.3 is 29.8 Å². The summed E-state index contributed by atoms with van der Waals surface area (Å²) in [5, 5.41) is 28.1. The third kappa shape index (κ3) is 5.57. The highest BCUT2D eigenvalue weighted by Crippen LogP contribution is 2.39. The van der Waals surface area contributed by atoms with Crippen LogP contribution in [-0.2, 0) is 16.5 Å². The van der Waals surface area contributed by atoms with Crippen molar-refractivity contribution in [1.82, 2.24) is 9.55 Å². The van der Waals surface area contributed by atoms with Crippen molar-refractivity contribution in [3.8, 4) is 0 Å². The first-order valence-corrected chi connectivity index (χ1v) is 9.63. The summed E-state index contributed by atoms with van der Waals surface area (Å²) in [6.45, 7) is -0.479. The van der Waals surface area contributed by atoms with Gasteiger partial charge in [0.2, 0.25) is 5.69 Å². The molecule has 10 nitrogen and oxygen atoms in total. The normalized spacial score (nSPS) is 28.1. The molecule has 1 aliphatic heterocycles. The Bertz CT molecular complexity index is 649. The molecule has 0 spiro atoms. The van der Waals surface area contributed by atoms with Crippen LogP contribution in [0.2, 0.25) is 0 Å². The average molecular weight is 374 g/mol. The predicted molar refractivity (Wildman–Crippen MR) is 82.0 cm³/mol. The minimum absolute atomic E-state index is 0.479. The van der Waals surface area contributed by atoms with Crippen LogP contribution in [-0.4, -0.2) is 59.6 Å². The molecule has 1 aromatic heterocycles. The van der Waals surface area contributed by atoms with Crippen LogP contribution in [0.3, 0.4) is 0 Å². The van der Waals surface area contributed by atoms with Gasteiger partial charge in [0.25, 0.3) is 5.56 Å². The summed E-state index contributed by atoms with van der Waals surface area (Å²) in [5.74, 6) is 0. The maximum Gasteiger partial charge on any atom is 0.330 e. The lowest BCUT2D eigenvalue weighted by Gasteiger charge is -2.16. The summed E-state index contributed by atoms with van der Waals surface area (Å²) in [4.78, 5) is 40.0. The van der Waals surface area contributed by atoms with Gasteiger partial charge in [0.1, 0.15) is 18.3 Å². The Morgan fingerprint density at radius 3 is 2.32 bits per heavy atom. The first kappa shape index (κ1) is 19.5. The van der Waals surface area contributed by atoms with Crippen molar-refractivity contribution in [2.45, 2.75) is 24.5 Å². The van der Waals surface area contributed by atoms with E-state index in [1.807, 2.05) is 4.98 Å². The molecule has 0 aromatic carbocycles. The lowest BCUT2D eigenvalue weighted by Crippen LogP contribution is -2.37. The van der Waals surface area contributed by atoms with Crippen LogP contribution in [0, 0.1) is 0 Å². The smallest absolute Gasteiger partial charge is 0.330 e. The number of aromatic nitrogens is 2. The van der Waals surface area contributed by atoms with E-state index < -0.39 is 48.1 Å². The van der Waals surface area contributed by atoms with Crippen molar-refractivity contribution in [3.63, 3.8) is 0 Å². The molecule has 22 heavy (non-hydrogen) atoms. The summed E-state index contributed by atoms with van der Waals surface area (Å²) >= 11 is 7.07. The van der Waals surface area contributed by atoms with E-state index in [-0.39, 0.29) is 0 Å². The Morgan fingerprint density at radius 1 is 1.36 bits per heavy atom. The number of thiol groups is 1. The number of aliphatic hydroxyl groups excluding tert-OH is 3. The SMILES string of the molecule is O=c1ccn([C@@H]2O[C@H](CO)[C@@H](O)[C@H]2O)c(=O)[nH]1.OP(O)(=S)S. The lowest BCUT2D eigenvalue weighted by atomic mass is 10.1. The molecule has 1 aromatic rings. The molecule has 13 heteroatoms. The monoisotopic (exact) mass is 374 g/mol. The number of H-pyrrole nitrogens is 1. The van der Waals surface area contributed by atoms with Crippen LogP contribution in [0.1, 0.15) is 6.23 Å². The summed E-state index contributed by atoms with van der Waals surface area (Å²) in [6.07, 6.45) is -3.58. The van der Waals surface area contributed by atoms with Gasteiger partial charge in [-0.15, -0.1) is 0 Å². The van der Waals surface area contributed by atoms with Crippen molar-refractivity contribution in [2.75, 3.05) is 6.61 Å².